The van der Waals surface area contributed by atoms with E-state index in [0.29, 0.717) is 31.2 Å². The summed E-state index contributed by atoms with van der Waals surface area (Å²) in [5.41, 5.74) is 8.75. The number of hydrogen-bond acceptors (Lipinski definition) is 4. The van der Waals surface area contributed by atoms with Gasteiger partial charge in [0.15, 0.2) is 0 Å². The van der Waals surface area contributed by atoms with Crippen LogP contribution in [0.25, 0.3) is 0 Å². The second-order valence-corrected chi connectivity index (χ2v) is 4.74. The third-order valence-corrected chi connectivity index (χ3v) is 3.04. The van der Waals surface area contributed by atoms with Crippen molar-refractivity contribution in [3.8, 4) is 11.5 Å². The van der Waals surface area contributed by atoms with Crippen molar-refractivity contribution in [3.63, 3.8) is 0 Å². The van der Waals surface area contributed by atoms with Crippen LogP contribution in [0, 0.1) is 6.92 Å². The van der Waals surface area contributed by atoms with Crippen molar-refractivity contribution in [2.45, 2.75) is 13.8 Å². The third kappa shape index (κ3) is 4.31. The highest BCUT2D eigenvalue weighted by atomic mass is 16.5. The van der Waals surface area contributed by atoms with E-state index in [-0.39, 0.29) is 0 Å². The minimum absolute atomic E-state index is 0.571. The van der Waals surface area contributed by atoms with Gasteiger partial charge in [-0.1, -0.05) is 18.2 Å². The third-order valence-electron chi connectivity index (χ3n) is 3.04. The van der Waals surface area contributed by atoms with Gasteiger partial charge in [0.1, 0.15) is 18.1 Å². The lowest BCUT2D eigenvalue weighted by molar-refractivity contribution is 0.332. The van der Waals surface area contributed by atoms with Crippen LogP contribution in [0.3, 0.4) is 0 Å². The van der Waals surface area contributed by atoms with Crippen LogP contribution in [0.15, 0.2) is 42.5 Å². The minimum Gasteiger partial charge on any atom is -0.492 e. The molecule has 0 saturated carbocycles. The first-order valence-electron chi connectivity index (χ1n) is 7.15. The van der Waals surface area contributed by atoms with E-state index in [1.807, 2.05) is 56.3 Å². The van der Waals surface area contributed by atoms with Crippen LogP contribution in [-0.4, -0.2) is 19.8 Å². The van der Waals surface area contributed by atoms with Crippen molar-refractivity contribution in [1.82, 2.24) is 0 Å². The topological polar surface area (TPSA) is 56.5 Å². The summed E-state index contributed by atoms with van der Waals surface area (Å²) in [6.45, 7) is 5.83. The van der Waals surface area contributed by atoms with Gasteiger partial charge in [-0.05, 0) is 43.7 Å². The van der Waals surface area contributed by atoms with Crippen LogP contribution < -0.4 is 20.5 Å². The normalized spacial score (nSPS) is 10.2. The number of benzene rings is 2. The van der Waals surface area contributed by atoms with Gasteiger partial charge in [0, 0.05) is 6.54 Å². The highest BCUT2D eigenvalue weighted by Crippen LogP contribution is 2.29. The molecule has 0 atom stereocenters. The van der Waals surface area contributed by atoms with Crippen LogP contribution in [0.2, 0.25) is 0 Å². The van der Waals surface area contributed by atoms with Crippen molar-refractivity contribution in [2.24, 2.45) is 0 Å². The van der Waals surface area contributed by atoms with Crippen LogP contribution in [0.1, 0.15) is 12.5 Å². The zero-order chi connectivity index (χ0) is 15.1. The van der Waals surface area contributed by atoms with Crippen molar-refractivity contribution < 1.29 is 9.47 Å². The van der Waals surface area contributed by atoms with Gasteiger partial charge in [0.05, 0.1) is 18.0 Å². The molecule has 4 nitrogen and oxygen atoms in total. The molecule has 2 aromatic rings. The Morgan fingerprint density at radius 2 is 1.90 bits per heavy atom. The number of nitrogens with one attached hydrogen (secondary N) is 1. The van der Waals surface area contributed by atoms with Gasteiger partial charge in [-0.15, -0.1) is 0 Å². The number of nitrogens with two attached hydrogens (primary N) is 1. The Balaban J connectivity index is 1.85. The Hall–Kier alpha value is -2.36. The summed E-state index contributed by atoms with van der Waals surface area (Å²) in [4.78, 5) is 0. The molecular weight excluding hydrogens is 264 g/mol. The predicted octanol–water partition coefficient (Wildman–Crippen LogP) is 3.47. The fraction of sp³-hybridized carbons (Fsp3) is 0.294. The highest BCUT2D eigenvalue weighted by Gasteiger charge is 2.04. The van der Waals surface area contributed by atoms with E-state index in [1.54, 1.807) is 0 Å². The molecule has 0 unspecified atom stereocenters. The van der Waals surface area contributed by atoms with Gasteiger partial charge in [-0.2, -0.15) is 0 Å². The van der Waals surface area contributed by atoms with Gasteiger partial charge in [0.25, 0.3) is 0 Å². The number of aryl methyl sites for hydroxylation is 1. The lowest BCUT2D eigenvalue weighted by Gasteiger charge is -2.13. The number of para-hydroxylation sites is 1. The summed E-state index contributed by atoms with van der Waals surface area (Å²) >= 11 is 0. The molecule has 112 valence electrons. The van der Waals surface area contributed by atoms with Crippen molar-refractivity contribution in [1.29, 1.82) is 0 Å². The van der Waals surface area contributed by atoms with Crippen LogP contribution in [0.4, 0.5) is 11.4 Å². The fourth-order valence-corrected chi connectivity index (χ4v) is 2.04. The summed E-state index contributed by atoms with van der Waals surface area (Å²) in [5.74, 6) is 1.59. The van der Waals surface area contributed by atoms with Crippen molar-refractivity contribution in [2.75, 3.05) is 30.8 Å². The first kappa shape index (κ1) is 15.0. The van der Waals surface area contributed by atoms with E-state index < -0.39 is 0 Å². The molecule has 0 aliphatic carbocycles. The first-order chi connectivity index (χ1) is 10.2. The average Bonchev–Trinajstić information content (AvgIpc) is 2.47. The molecule has 0 radical (unpaired) electrons. The molecule has 0 aliphatic rings. The van der Waals surface area contributed by atoms with E-state index in [4.69, 9.17) is 15.2 Å². The summed E-state index contributed by atoms with van der Waals surface area (Å²) in [5, 5.41) is 3.27. The van der Waals surface area contributed by atoms with E-state index in [0.717, 1.165) is 11.4 Å². The maximum Gasteiger partial charge on any atom is 0.144 e. The summed E-state index contributed by atoms with van der Waals surface area (Å²) in [6.07, 6.45) is 0. The lowest BCUT2D eigenvalue weighted by Crippen LogP contribution is -2.13. The molecule has 0 heterocycles. The van der Waals surface area contributed by atoms with Gasteiger partial charge in [-0.25, -0.2) is 0 Å². The Bertz CT molecular complexity index is 585. The molecule has 3 N–H and O–H groups in total. The zero-order valence-electron chi connectivity index (χ0n) is 12.6. The van der Waals surface area contributed by atoms with Crippen LogP contribution >= 0.6 is 0 Å². The van der Waals surface area contributed by atoms with Gasteiger partial charge >= 0.3 is 0 Å². The molecule has 2 aromatic carbocycles. The van der Waals surface area contributed by atoms with Gasteiger partial charge in [-0.3, -0.25) is 0 Å². The molecule has 0 amide bonds. The van der Waals surface area contributed by atoms with Crippen LogP contribution in [0.5, 0.6) is 11.5 Å². The largest absolute Gasteiger partial charge is 0.492 e. The summed E-state index contributed by atoms with van der Waals surface area (Å²) in [7, 11) is 0. The Labute approximate surface area is 125 Å². The van der Waals surface area contributed by atoms with Gasteiger partial charge < -0.3 is 20.5 Å². The first-order valence-corrected chi connectivity index (χ1v) is 7.15. The van der Waals surface area contributed by atoms with E-state index in [9.17, 15) is 0 Å². The minimum atomic E-state index is 0.571. The Morgan fingerprint density at radius 1 is 1.10 bits per heavy atom. The monoisotopic (exact) mass is 286 g/mol. The molecule has 0 saturated heterocycles. The van der Waals surface area contributed by atoms with Crippen molar-refractivity contribution in [3.05, 3.63) is 48.0 Å². The average molecular weight is 286 g/mol. The molecule has 2 rings (SSSR count). The molecule has 0 spiro atoms. The van der Waals surface area contributed by atoms with E-state index >= 15 is 0 Å². The number of anilines is 2. The maximum atomic E-state index is 6.05. The number of ether oxygens (including phenoxy) is 2. The molecule has 0 aliphatic heterocycles. The fourth-order valence-electron chi connectivity index (χ4n) is 2.04. The van der Waals surface area contributed by atoms with Crippen LogP contribution in [-0.2, 0) is 0 Å². The lowest BCUT2D eigenvalue weighted by atomic mass is 10.2. The number of hydrogen-bond donors (Lipinski definition) is 2. The van der Waals surface area contributed by atoms with Gasteiger partial charge in [0.2, 0.25) is 0 Å². The molecular formula is C17H22N2O2. The quantitative estimate of drug-likeness (QED) is 0.604. The second-order valence-electron chi connectivity index (χ2n) is 4.74. The summed E-state index contributed by atoms with van der Waals surface area (Å²) < 4.78 is 11.2. The van der Waals surface area contributed by atoms with E-state index in [1.165, 1.54) is 5.56 Å². The SMILES string of the molecule is CCOc1cccc(NCCOc2cccc(C)c2)c1N. The summed E-state index contributed by atoms with van der Waals surface area (Å²) in [6, 6.07) is 13.7. The second kappa shape index (κ2) is 7.43. The number of nitrogen functional groups attached to an aromatic ring is 1. The molecule has 4 heteroatoms. The van der Waals surface area contributed by atoms with E-state index in [2.05, 4.69) is 5.32 Å². The Morgan fingerprint density at radius 3 is 2.67 bits per heavy atom. The maximum absolute atomic E-state index is 6.05. The predicted molar refractivity (Wildman–Crippen MR) is 87.2 cm³/mol. The molecule has 0 fully saturated rings. The Kier molecular flexibility index (Phi) is 5.32. The molecule has 0 bridgehead atoms. The zero-order valence-corrected chi connectivity index (χ0v) is 12.6. The van der Waals surface area contributed by atoms with Crippen molar-refractivity contribution >= 4 is 11.4 Å². The smallest absolute Gasteiger partial charge is 0.144 e. The highest BCUT2D eigenvalue weighted by molar-refractivity contribution is 5.72. The molecule has 0 aromatic heterocycles. The number of rotatable bonds is 7. The molecule has 21 heavy (non-hydrogen) atoms. The standard InChI is InChI=1S/C17H22N2O2/c1-3-20-16-9-5-8-15(17(16)18)19-10-11-21-14-7-4-6-13(2)12-14/h4-9,12,19H,3,10-11,18H2,1-2H3.